The van der Waals surface area contributed by atoms with Gasteiger partial charge in [0.05, 0.1) is 18.1 Å². The molecular formula is C14H11NO6. The van der Waals surface area contributed by atoms with Gasteiger partial charge in [-0.15, -0.1) is 0 Å². The molecule has 0 unspecified atom stereocenters. The Labute approximate surface area is 119 Å². The van der Waals surface area contributed by atoms with E-state index in [2.05, 4.69) is 0 Å². The van der Waals surface area contributed by atoms with Crippen LogP contribution in [0.1, 0.15) is 10.4 Å². The first-order valence-corrected chi connectivity index (χ1v) is 5.85. The van der Waals surface area contributed by atoms with E-state index in [1.54, 1.807) is 24.3 Å². The van der Waals surface area contributed by atoms with E-state index in [0.29, 0.717) is 11.5 Å². The molecule has 7 heteroatoms. The zero-order valence-corrected chi connectivity index (χ0v) is 11.0. The lowest BCUT2D eigenvalue weighted by atomic mass is 10.1. The molecule has 2 aromatic rings. The van der Waals surface area contributed by atoms with Crippen molar-refractivity contribution in [3.05, 3.63) is 58.1 Å². The first kappa shape index (κ1) is 14.3. The molecule has 0 amide bonds. The van der Waals surface area contributed by atoms with Crippen molar-refractivity contribution in [3.8, 4) is 17.2 Å². The van der Waals surface area contributed by atoms with E-state index in [-0.39, 0.29) is 5.75 Å². The molecule has 108 valence electrons. The third-order valence-electron chi connectivity index (χ3n) is 2.67. The van der Waals surface area contributed by atoms with Gasteiger partial charge in [0.2, 0.25) is 0 Å². The molecule has 0 aromatic heterocycles. The average Bonchev–Trinajstić information content (AvgIpc) is 2.47. The van der Waals surface area contributed by atoms with Gasteiger partial charge in [0.25, 0.3) is 5.69 Å². The Kier molecular flexibility index (Phi) is 4.03. The highest BCUT2D eigenvalue weighted by atomic mass is 16.6. The highest BCUT2D eigenvalue weighted by Gasteiger charge is 2.20. The standard InChI is InChI=1S/C14H11NO6/c1-20-9-3-2-4-10(7-9)21-11-5-6-12(14(16)17)13(8-11)15(18)19/h2-8H,1H3,(H,16,17). The van der Waals surface area contributed by atoms with Crippen molar-refractivity contribution < 1.29 is 24.3 Å². The number of methoxy groups -OCH3 is 1. The molecular weight excluding hydrogens is 278 g/mol. The number of benzene rings is 2. The summed E-state index contributed by atoms with van der Waals surface area (Å²) in [6, 6.07) is 10.3. The Morgan fingerprint density at radius 2 is 1.81 bits per heavy atom. The maximum absolute atomic E-state index is 10.9. The van der Waals surface area contributed by atoms with Gasteiger partial charge in [-0.1, -0.05) is 6.07 Å². The van der Waals surface area contributed by atoms with Crippen LogP contribution in [-0.4, -0.2) is 23.1 Å². The largest absolute Gasteiger partial charge is 0.497 e. The number of ether oxygens (including phenoxy) is 2. The Hall–Kier alpha value is -3.09. The number of nitrogens with zero attached hydrogens (tertiary/aromatic N) is 1. The number of nitro groups is 1. The van der Waals surface area contributed by atoms with E-state index >= 15 is 0 Å². The highest BCUT2D eigenvalue weighted by molar-refractivity contribution is 5.92. The fraction of sp³-hybridized carbons (Fsp3) is 0.0714. The van der Waals surface area contributed by atoms with E-state index < -0.39 is 22.1 Å². The van der Waals surface area contributed by atoms with Crippen LogP contribution in [0.3, 0.4) is 0 Å². The number of nitro benzene ring substituents is 1. The smallest absolute Gasteiger partial charge is 0.342 e. The van der Waals surface area contributed by atoms with E-state index in [1.165, 1.54) is 13.2 Å². The zero-order valence-electron chi connectivity index (χ0n) is 11.0. The molecule has 0 aliphatic carbocycles. The highest BCUT2D eigenvalue weighted by Crippen LogP contribution is 2.29. The van der Waals surface area contributed by atoms with Gasteiger partial charge in [0.1, 0.15) is 22.8 Å². The maximum Gasteiger partial charge on any atom is 0.342 e. The number of hydrogen-bond acceptors (Lipinski definition) is 5. The van der Waals surface area contributed by atoms with Crippen LogP contribution in [0.4, 0.5) is 5.69 Å². The summed E-state index contributed by atoms with van der Waals surface area (Å²) in [7, 11) is 1.51. The Balaban J connectivity index is 2.34. The fourth-order valence-electron chi connectivity index (χ4n) is 1.71. The van der Waals surface area contributed by atoms with Gasteiger partial charge in [-0.05, 0) is 24.3 Å². The SMILES string of the molecule is COc1cccc(Oc2ccc(C(=O)O)c([N+](=O)[O-])c2)c1. The number of carboxylic acid groups (broad SMARTS) is 1. The summed E-state index contributed by atoms with van der Waals surface area (Å²) in [6.07, 6.45) is 0. The number of rotatable bonds is 5. The number of carboxylic acids is 1. The van der Waals surface area contributed by atoms with Crippen LogP contribution in [0.5, 0.6) is 17.2 Å². The van der Waals surface area contributed by atoms with E-state index in [4.69, 9.17) is 14.6 Å². The summed E-state index contributed by atoms with van der Waals surface area (Å²) in [5.74, 6) is -0.203. The summed E-state index contributed by atoms with van der Waals surface area (Å²) in [5.41, 5.74) is -0.916. The second-order valence-electron chi connectivity index (χ2n) is 4.02. The summed E-state index contributed by atoms with van der Waals surface area (Å²) >= 11 is 0. The molecule has 0 bridgehead atoms. The number of hydrogen-bond donors (Lipinski definition) is 1. The molecule has 0 radical (unpaired) electrons. The van der Waals surface area contributed by atoms with Crippen molar-refractivity contribution in [3.63, 3.8) is 0 Å². The summed E-state index contributed by atoms with van der Waals surface area (Å²) in [5, 5.41) is 19.8. The second kappa shape index (κ2) is 5.91. The molecule has 1 N–H and O–H groups in total. The summed E-state index contributed by atoms with van der Waals surface area (Å²) in [6.45, 7) is 0. The van der Waals surface area contributed by atoms with Crippen LogP contribution in [0.25, 0.3) is 0 Å². The topological polar surface area (TPSA) is 98.9 Å². The van der Waals surface area contributed by atoms with Crippen LogP contribution in [0, 0.1) is 10.1 Å². The molecule has 0 atom stereocenters. The number of aromatic carboxylic acids is 1. The fourth-order valence-corrected chi connectivity index (χ4v) is 1.71. The van der Waals surface area contributed by atoms with Gasteiger partial charge >= 0.3 is 5.97 Å². The Morgan fingerprint density at radius 1 is 1.14 bits per heavy atom. The first-order chi connectivity index (χ1) is 10.0. The lowest BCUT2D eigenvalue weighted by Crippen LogP contribution is -2.02. The average molecular weight is 289 g/mol. The maximum atomic E-state index is 10.9. The molecule has 0 aliphatic heterocycles. The quantitative estimate of drug-likeness (QED) is 0.670. The van der Waals surface area contributed by atoms with Crippen molar-refractivity contribution in [2.75, 3.05) is 7.11 Å². The van der Waals surface area contributed by atoms with Gasteiger partial charge in [0.15, 0.2) is 0 Å². The van der Waals surface area contributed by atoms with Gasteiger partial charge in [0, 0.05) is 6.07 Å². The van der Waals surface area contributed by atoms with Crippen LogP contribution < -0.4 is 9.47 Å². The van der Waals surface area contributed by atoms with Crippen LogP contribution in [0.2, 0.25) is 0 Å². The van der Waals surface area contributed by atoms with Crippen molar-refractivity contribution >= 4 is 11.7 Å². The molecule has 0 saturated heterocycles. The van der Waals surface area contributed by atoms with E-state index in [9.17, 15) is 14.9 Å². The summed E-state index contributed by atoms with van der Waals surface area (Å²) < 4.78 is 10.5. The third-order valence-corrected chi connectivity index (χ3v) is 2.67. The Bertz CT molecular complexity index is 698. The third kappa shape index (κ3) is 3.27. The minimum atomic E-state index is -1.37. The molecule has 0 aliphatic rings. The molecule has 0 fully saturated rings. The number of carbonyl (C=O) groups is 1. The predicted molar refractivity (Wildman–Crippen MR) is 73.1 cm³/mol. The van der Waals surface area contributed by atoms with Crippen molar-refractivity contribution in [2.24, 2.45) is 0 Å². The molecule has 21 heavy (non-hydrogen) atoms. The Morgan fingerprint density at radius 3 is 2.43 bits per heavy atom. The molecule has 7 nitrogen and oxygen atoms in total. The normalized spacial score (nSPS) is 9.95. The van der Waals surface area contributed by atoms with Crippen molar-refractivity contribution in [1.82, 2.24) is 0 Å². The van der Waals surface area contributed by atoms with Crippen LogP contribution in [-0.2, 0) is 0 Å². The summed E-state index contributed by atoms with van der Waals surface area (Å²) in [4.78, 5) is 21.1. The first-order valence-electron chi connectivity index (χ1n) is 5.85. The zero-order chi connectivity index (χ0) is 15.4. The van der Waals surface area contributed by atoms with Gasteiger partial charge in [-0.25, -0.2) is 4.79 Å². The molecule has 2 rings (SSSR count). The molecule has 2 aromatic carbocycles. The van der Waals surface area contributed by atoms with E-state index in [1.807, 2.05) is 0 Å². The van der Waals surface area contributed by atoms with Crippen LogP contribution in [0.15, 0.2) is 42.5 Å². The van der Waals surface area contributed by atoms with Crippen molar-refractivity contribution in [2.45, 2.75) is 0 Å². The molecule has 0 spiro atoms. The molecule has 0 saturated carbocycles. The predicted octanol–water partition coefficient (Wildman–Crippen LogP) is 3.09. The van der Waals surface area contributed by atoms with E-state index in [0.717, 1.165) is 12.1 Å². The monoisotopic (exact) mass is 289 g/mol. The molecule has 0 heterocycles. The van der Waals surface area contributed by atoms with Gasteiger partial charge < -0.3 is 14.6 Å². The lowest BCUT2D eigenvalue weighted by Gasteiger charge is -2.07. The minimum Gasteiger partial charge on any atom is -0.497 e. The van der Waals surface area contributed by atoms with Crippen molar-refractivity contribution in [1.29, 1.82) is 0 Å². The minimum absolute atomic E-state index is 0.167. The van der Waals surface area contributed by atoms with Gasteiger partial charge in [-0.2, -0.15) is 0 Å². The van der Waals surface area contributed by atoms with Gasteiger partial charge in [-0.3, -0.25) is 10.1 Å². The lowest BCUT2D eigenvalue weighted by molar-refractivity contribution is -0.385. The second-order valence-corrected chi connectivity index (χ2v) is 4.02. The van der Waals surface area contributed by atoms with Crippen LogP contribution >= 0.6 is 0 Å².